The maximum atomic E-state index is 12.8. The molecule has 0 aliphatic heterocycles. The van der Waals surface area contributed by atoms with E-state index >= 15 is 0 Å². The van der Waals surface area contributed by atoms with Crippen LogP contribution in [0.2, 0.25) is 0 Å². The van der Waals surface area contributed by atoms with Gasteiger partial charge in [-0.2, -0.15) is 4.57 Å². The second kappa shape index (κ2) is 13.8. The van der Waals surface area contributed by atoms with Gasteiger partial charge in [-0.25, -0.2) is 0 Å². The van der Waals surface area contributed by atoms with Crippen LogP contribution in [0.4, 0.5) is 0 Å². The minimum atomic E-state index is -0.571. The first kappa shape index (κ1) is 25.7. The number of esters is 2. The van der Waals surface area contributed by atoms with Crippen molar-refractivity contribution in [1.29, 1.82) is 0 Å². The minimum absolute atomic E-state index is 0. The van der Waals surface area contributed by atoms with Crippen molar-refractivity contribution in [3.8, 4) is 0 Å². The smallest absolute Gasteiger partial charge is 0.316 e. The Bertz CT molecular complexity index is 677. The third-order valence-corrected chi connectivity index (χ3v) is 5.39. The SMILES string of the molecule is CCOC(=O)CS/C(SC)=C(/C(=O)CC(=O)OCC)[n+]1ccc(C)cc1.[Br-]. The van der Waals surface area contributed by atoms with E-state index < -0.39 is 5.97 Å². The van der Waals surface area contributed by atoms with Gasteiger partial charge in [0, 0.05) is 12.1 Å². The molecule has 0 aliphatic rings. The first-order valence-electron chi connectivity index (χ1n) is 8.16. The van der Waals surface area contributed by atoms with Gasteiger partial charge in [0.05, 0.1) is 19.0 Å². The summed E-state index contributed by atoms with van der Waals surface area (Å²) < 4.78 is 12.1. The standard InChI is InChI=1S/C18H24NO5S2.BrH/c1-5-23-15(21)11-14(20)17(19-9-7-13(3)8-10-19)18(25-4)26-12-16(22)24-6-2;/h7-10H,5-6,11-12H2,1-4H3;1H/q+1;/p-1/b18-17-;. The lowest BCUT2D eigenvalue weighted by Crippen LogP contribution is -3.00. The van der Waals surface area contributed by atoms with E-state index in [0.29, 0.717) is 16.5 Å². The zero-order valence-corrected chi connectivity index (χ0v) is 19.0. The number of pyridine rings is 1. The summed E-state index contributed by atoms with van der Waals surface area (Å²) in [6.45, 7) is 5.90. The molecule has 0 spiro atoms. The topological polar surface area (TPSA) is 73.5 Å². The lowest BCUT2D eigenvalue weighted by molar-refractivity contribution is -0.577. The van der Waals surface area contributed by atoms with Crippen LogP contribution < -0.4 is 21.5 Å². The van der Waals surface area contributed by atoms with Crippen LogP contribution in [0.5, 0.6) is 0 Å². The molecule has 1 aromatic heterocycles. The van der Waals surface area contributed by atoms with Crippen LogP contribution in [-0.2, 0) is 23.9 Å². The van der Waals surface area contributed by atoms with E-state index in [1.807, 2.05) is 25.3 Å². The number of hydrogen-bond donors (Lipinski definition) is 0. The van der Waals surface area contributed by atoms with Crippen LogP contribution in [0, 0.1) is 6.92 Å². The van der Waals surface area contributed by atoms with Crippen LogP contribution in [0.15, 0.2) is 28.8 Å². The number of allylic oxidation sites excluding steroid dienone is 1. The molecular formula is C18H24BrNO5S2. The number of ether oxygens (including phenoxy) is 2. The molecule has 0 saturated carbocycles. The van der Waals surface area contributed by atoms with E-state index in [9.17, 15) is 14.4 Å². The highest BCUT2D eigenvalue weighted by atomic mass is 79.9. The van der Waals surface area contributed by atoms with Gasteiger partial charge in [0.15, 0.2) is 12.4 Å². The van der Waals surface area contributed by atoms with Crippen molar-refractivity contribution in [3.63, 3.8) is 0 Å². The van der Waals surface area contributed by atoms with Crippen molar-refractivity contribution >= 4 is 46.9 Å². The first-order chi connectivity index (χ1) is 12.4. The average molecular weight is 478 g/mol. The molecule has 6 nitrogen and oxygen atoms in total. The Kier molecular flexibility index (Phi) is 13.1. The normalized spacial score (nSPS) is 11.1. The number of carbonyl (C=O) groups is 3. The number of nitrogens with zero attached hydrogens (tertiary/aromatic N) is 1. The fraction of sp³-hybridized carbons (Fsp3) is 0.444. The van der Waals surface area contributed by atoms with Gasteiger partial charge in [0.2, 0.25) is 5.78 Å². The van der Waals surface area contributed by atoms with Crippen LogP contribution in [0.1, 0.15) is 25.8 Å². The van der Waals surface area contributed by atoms with Crippen molar-refractivity contribution in [2.24, 2.45) is 0 Å². The number of thioether (sulfide) groups is 2. The number of carbonyl (C=O) groups excluding carboxylic acids is 3. The molecule has 0 N–H and O–H groups in total. The molecule has 0 aliphatic carbocycles. The Morgan fingerprint density at radius 3 is 2.11 bits per heavy atom. The summed E-state index contributed by atoms with van der Waals surface area (Å²) in [6.07, 6.45) is 4.98. The molecule has 150 valence electrons. The summed E-state index contributed by atoms with van der Waals surface area (Å²) in [5, 5.41) is 0. The summed E-state index contributed by atoms with van der Waals surface area (Å²) in [4.78, 5) is 36.2. The third-order valence-electron chi connectivity index (χ3n) is 3.13. The van der Waals surface area contributed by atoms with Crippen molar-refractivity contribution in [3.05, 3.63) is 34.3 Å². The van der Waals surface area contributed by atoms with Gasteiger partial charge in [0.1, 0.15) is 10.7 Å². The Balaban J connectivity index is 0.00000676. The Labute approximate surface area is 178 Å². The highest BCUT2D eigenvalue weighted by Gasteiger charge is 2.28. The van der Waals surface area contributed by atoms with Crippen LogP contribution in [0.25, 0.3) is 5.70 Å². The van der Waals surface area contributed by atoms with Crippen molar-refractivity contribution in [1.82, 2.24) is 0 Å². The van der Waals surface area contributed by atoms with Crippen LogP contribution >= 0.6 is 23.5 Å². The maximum absolute atomic E-state index is 12.8. The predicted molar refractivity (Wildman–Crippen MR) is 103 cm³/mol. The number of aryl methyl sites for hydroxylation is 1. The molecule has 1 aromatic rings. The number of Topliss-reactive ketones (excluding diaryl/α,β-unsaturated/α-hetero) is 1. The zero-order valence-electron chi connectivity index (χ0n) is 15.8. The number of halogens is 1. The fourth-order valence-corrected chi connectivity index (χ4v) is 3.74. The molecule has 0 saturated heterocycles. The molecule has 0 radical (unpaired) electrons. The van der Waals surface area contributed by atoms with Gasteiger partial charge in [0.25, 0.3) is 5.70 Å². The Morgan fingerprint density at radius 2 is 1.59 bits per heavy atom. The molecule has 9 heteroatoms. The number of ketones is 1. The summed E-state index contributed by atoms with van der Waals surface area (Å²) in [7, 11) is 0. The quantitative estimate of drug-likeness (QED) is 0.196. The van der Waals surface area contributed by atoms with E-state index in [-0.39, 0.29) is 47.5 Å². The molecular weight excluding hydrogens is 454 g/mol. The second-order valence-corrected chi connectivity index (χ2v) is 7.18. The Hall–Kier alpha value is -1.32. The molecule has 1 rings (SSSR count). The first-order valence-corrected chi connectivity index (χ1v) is 10.4. The second-order valence-electron chi connectivity index (χ2n) is 5.12. The summed E-state index contributed by atoms with van der Waals surface area (Å²) in [5.74, 6) is -1.20. The molecule has 27 heavy (non-hydrogen) atoms. The summed E-state index contributed by atoms with van der Waals surface area (Å²) >= 11 is 2.57. The summed E-state index contributed by atoms with van der Waals surface area (Å²) in [5.41, 5.74) is 1.39. The van der Waals surface area contributed by atoms with E-state index in [4.69, 9.17) is 9.47 Å². The van der Waals surface area contributed by atoms with Gasteiger partial charge < -0.3 is 26.5 Å². The van der Waals surface area contributed by atoms with Crippen molar-refractivity contribution < 1.29 is 45.4 Å². The van der Waals surface area contributed by atoms with Crippen molar-refractivity contribution in [2.45, 2.75) is 27.2 Å². The number of hydrogen-bond acceptors (Lipinski definition) is 7. The van der Waals surface area contributed by atoms with Crippen LogP contribution in [0.3, 0.4) is 0 Å². The van der Waals surface area contributed by atoms with Gasteiger partial charge in [-0.05, 0) is 32.6 Å². The number of rotatable bonds is 10. The van der Waals surface area contributed by atoms with Crippen LogP contribution in [-0.4, -0.2) is 42.9 Å². The Morgan fingerprint density at radius 1 is 1.04 bits per heavy atom. The molecule has 0 aromatic carbocycles. The van der Waals surface area contributed by atoms with Gasteiger partial charge in [-0.15, -0.1) is 23.5 Å². The van der Waals surface area contributed by atoms with E-state index in [1.54, 1.807) is 30.8 Å². The van der Waals surface area contributed by atoms with E-state index in [1.165, 1.54) is 23.5 Å². The maximum Gasteiger partial charge on any atom is 0.316 e. The monoisotopic (exact) mass is 477 g/mol. The van der Waals surface area contributed by atoms with Gasteiger partial charge in [-0.3, -0.25) is 14.4 Å². The van der Waals surface area contributed by atoms with Crippen molar-refractivity contribution in [2.75, 3.05) is 25.2 Å². The van der Waals surface area contributed by atoms with Gasteiger partial charge >= 0.3 is 11.9 Å². The highest BCUT2D eigenvalue weighted by molar-refractivity contribution is 8.22. The van der Waals surface area contributed by atoms with E-state index in [0.717, 1.165) is 5.56 Å². The summed E-state index contributed by atoms with van der Waals surface area (Å²) in [6, 6.07) is 3.73. The average Bonchev–Trinajstić information content (AvgIpc) is 2.60. The lowest BCUT2D eigenvalue weighted by atomic mass is 10.2. The molecule has 0 amide bonds. The lowest BCUT2D eigenvalue weighted by Gasteiger charge is -2.08. The zero-order chi connectivity index (χ0) is 19.5. The third kappa shape index (κ3) is 8.94. The highest BCUT2D eigenvalue weighted by Crippen LogP contribution is 2.31. The predicted octanol–water partition coefficient (Wildman–Crippen LogP) is -0.406. The molecule has 0 unspecified atom stereocenters. The van der Waals surface area contributed by atoms with Gasteiger partial charge in [-0.1, -0.05) is 0 Å². The fourth-order valence-electron chi connectivity index (χ4n) is 1.99. The molecule has 0 atom stereocenters. The minimum Gasteiger partial charge on any atom is -1.00 e. The largest absolute Gasteiger partial charge is 1.00 e. The molecule has 0 fully saturated rings. The molecule has 0 bridgehead atoms. The van der Waals surface area contributed by atoms with E-state index in [2.05, 4.69) is 0 Å². The number of aromatic nitrogens is 1. The molecule has 1 heterocycles.